The third-order valence-electron chi connectivity index (χ3n) is 9.84. The van der Waals surface area contributed by atoms with Crippen molar-refractivity contribution in [3.63, 3.8) is 0 Å². The number of carbonyl (C=O) groups is 1. The SMILES string of the molecule is Cc1ccc(-n2nc(C)c3c(C)c(CCC(=O)N[C@@H](C)C45CC6CC(CC(C6)C4)C5)c(C)nc32)cc1. The zero-order chi connectivity index (χ0) is 25.2. The second kappa shape index (κ2) is 8.71. The van der Waals surface area contributed by atoms with Crippen LogP contribution in [0.25, 0.3) is 16.7 Å². The van der Waals surface area contributed by atoms with Gasteiger partial charge in [-0.15, -0.1) is 0 Å². The van der Waals surface area contributed by atoms with Crippen LogP contribution in [0.15, 0.2) is 24.3 Å². The van der Waals surface area contributed by atoms with E-state index in [4.69, 9.17) is 10.1 Å². The average molecular weight is 485 g/mol. The fraction of sp³-hybridized carbons (Fsp3) is 0.581. The van der Waals surface area contributed by atoms with Crippen LogP contribution in [-0.4, -0.2) is 26.7 Å². The van der Waals surface area contributed by atoms with Crippen LogP contribution in [-0.2, 0) is 11.2 Å². The van der Waals surface area contributed by atoms with E-state index in [1.165, 1.54) is 55.2 Å². The molecule has 4 fully saturated rings. The lowest BCUT2D eigenvalue weighted by molar-refractivity contribution is -0.125. The van der Waals surface area contributed by atoms with E-state index in [9.17, 15) is 4.79 Å². The van der Waals surface area contributed by atoms with Crippen molar-refractivity contribution in [2.24, 2.45) is 23.2 Å². The molecule has 0 unspecified atom stereocenters. The normalized spacial score (nSPS) is 27.5. The summed E-state index contributed by atoms with van der Waals surface area (Å²) in [6.07, 6.45) is 9.51. The number of amides is 1. The summed E-state index contributed by atoms with van der Waals surface area (Å²) in [6, 6.07) is 8.68. The Balaban J connectivity index is 1.18. The maximum Gasteiger partial charge on any atom is 0.220 e. The smallest absolute Gasteiger partial charge is 0.220 e. The molecule has 1 N–H and O–H groups in total. The maximum atomic E-state index is 13.1. The fourth-order valence-electron chi connectivity index (χ4n) is 8.35. The molecule has 5 heteroatoms. The van der Waals surface area contributed by atoms with Crippen LogP contribution in [0.3, 0.4) is 0 Å². The number of nitrogens with zero attached hydrogens (tertiary/aromatic N) is 3. The van der Waals surface area contributed by atoms with Crippen molar-refractivity contribution in [2.75, 3.05) is 0 Å². The molecule has 1 amide bonds. The molecule has 0 aliphatic heterocycles. The fourth-order valence-corrected chi connectivity index (χ4v) is 8.35. The first-order valence-corrected chi connectivity index (χ1v) is 13.9. The van der Waals surface area contributed by atoms with E-state index in [0.29, 0.717) is 11.8 Å². The molecule has 3 aromatic rings. The van der Waals surface area contributed by atoms with Gasteiger partial charge in [-0.05, 0) is 126 Å². The predicted molar refractivity (Wildman–Crippen MR) is 144 cm³/mol. The van der Waals surface area contributed by atoms with Crippen LogP contribution >= 0.6 is 0 Å². The van der Waals surface area contributed by atoms with Crippen molar-refractivity contribution in [3.8, 4) is 5.69 Å². The first-order chi connectivity index (χ1) is 17.2. The average Bonchev–Trinajstić information content (AvgIpc) is 3.14. The van der Waals surface area contributed by atoms with Crippen LogP contribution in [0, 0.1) is 50.9 Å². The summed E-state index contributed by atoms with van der Waals surface area (Å²) in [7, 11) is 0. The Morgan fingerprint density at radius 3 is 2.22 bits per heavy atom. The third kappa shape index (κ3) is 3.95. The van der Waals surface area contributed by atoms with Crippen molar-refractivity contribution in [3.05, 3.63) is 52.3 Å². The van der Waals surface area contributed by atoms with Crippen molar-refractivity contribution in [1.82, 2.24) is 20.1 Å². The zero-order valence-corrected chi connectivity index (χ0v) is 22.5. The maximum absolute atomic E-state index is 13.1. The lowest BCUT2D eigenvalue weighted by Gasteiger charge is -2.59. The van der Waals surface area contributed by atoms with Gasteiger partial charge in [0.15, 0.2) is 5.65 Å². The van der Waals surface area contributed by atoms with Gasteiger partial charge in [-0.1, -0.05) is 17.7 Å². The molecule has 4 aliphatic rings. The standard InChI is InChI=1S/C31H40N4O/c1-18-6-8-26(9-7-18)35-30-29(21(4)34-35)19(2)27(20(3)32-30)10-11-28(36)33-22(5)31-15-23-12-24(16-31)14-25(13-23)17-31/h6-9,22-25H,10-17H2,1-5H3,(H,33,36)/t22-,23?,24?,25?,31?/m0/s1. The topological polar surface area (TPSA) is 59.8 Å². The van der Waals surface area contributed by atoms with Gasteiger partial charge in [-0.3, -0.25) is 4.79 Å². The number of hydrogen-bond acceptors (Lipinski definition) is 3. The number of aryl methyl sites for hydroxylation is 4. The second-order valence-electron chi connectivity index (χ2n) is 12.4. The second-order valence-corrected chi connectivity index (χ2v) is 12.4. The molecular weight excluding hydrogens is 444 g/mol. The number of nitrogens with one attached hydrogen (secondary N) is 1. The van der Waals surface area contributed by atoms with E-state index >= 15 is 0 Å². The quantitative estimate of drug-likeness (QED) is 0.446. The molecule has 0 saturated heterocycles. The molecule has 7 rings (SSSR count). The molecule has 1 atom stereocenters. The predicted octanol–water partition coefficient (Wildman–Crippen LogP) is 6.31. The Morgan fingerprint density at radius 1 is 1.00 bits per heavy atom. The van der Waals surface area contributed by atoms with Crippen molar-refractivity contribution >= 4 is 16.9 Å². The minimum atomic E-state index is 0.184. The van der Waals surface area contributed by atoms with Crippen molar-refractivity contribution in [1.29, 1.82) is 0 Å². The molecule has 4 saturated carbocycles. The molecule has 0 spiro atoms. The lowest BCUT2D eigenvalue weighted by Crippen LogP contribution is -2.55. The van der Waals surface area contributed by atoms with Crippen molar-refractivity contribution in [2.45, 2.75) is 92.0 Å². The van der Waals surface area contributed by atoms with E-state index in [-0.39, 0.29) is 11.9 Å². The van der Waals surface area contributed by atoms with Crippen LogP contribution in [0.1, 0.15) is 79.9 Å². The van der Waals surface area contributed by atoms with Gasteiger partial charge in [-0.2, -0.15) is 5.10 Å². The molecule has 36 heavy (non-hydrogen) atoms. The summed E-state index contributed by atoms with van der Waals surface area (Å²) >= 11 is 0. The monoisotopic (exact) mass is 484 g/mol. The third-order valence-corrected chi connectivity index (χ3v) is 9.84. The Kier molecular flexibility index (Phi) is 5.73. The number of carbonyl (C=O) groups excluding carboxylic acids is 1. The number of benzene rings is 1. The summed E-state index contributed by atoms with van der Waals surface area (Å²) in [5.74, 6) is 2.90. The molecule has 1 aromatic carbocycles. The van der Waals surface area contributed by atoms with Crippen molar-refractivity contribution < 1.29 is 4.79 Å². The molecule has 190 valence electrons. The minimum absolute atomic E-state index is 0.184. The summed E-state index contributed by atoms with van der Waals surface area (Å²) in [5.41, 5.74) is 7.86. The highest BCUT2D eigenvalue weighted by molar-refractivity contribution is 5.85. The lowest BCUT2D eigenvalue weighted by atomic mass is 9.48. The Labute approximate surface area is 215 Å². The molecular formula is C31H40N4O. The van der Waals surface area contributed by atoms with Gasteiger partial charge in [0, 0.05) is 23.5 Å². The van der Waals surface area contributed by atoms with E-state index in [1.807, 2.05) is 4.68 Å². The Bertz CT molecular complexity index is 1280. The summed E-state index contributed by atoms with van der Waals surface area (Å²) < 4.78 is 1.95. The van der Waals surface area contributed by atoms with Crippen LogP contribution in [0.2, 0.25) is 0 Å². The largest absolute Gasteiger partial charge is 0.353 e. The highest BCUT2D eigenvalue weighted by atomic mass is 16.1. The summed E-state index contributed by atoms with van der Waals surface area (Å²) in [6.45, 7) is 10.7. The van der Waals surface area contributed by atoms with E-state index < -0.39 is 0 Å². The van der Waals surface area contributed by atoms with E-state index in [1.54, 1.807) is 0 Å². The Hall–Kier alpha value is -2.69. The van der Waals surface area contributed by atoms with Crippen LogP contribution in [0.4, 0.5) is 0 Å². The van der Waals surface area contributed by atoms with Gasteiger partial charge in [0.25, 0.3) is 0 Å². The van der Waals surface area contributed by atoms with Gasteiger partial charge in [-0.25, -0.2) is 9.67 Å². The first-order valence-electron chi connectivity index (χ1n) is 13.9. The molecule has 4 aliphatic carbocycles. The summed E-state index contributed by atoms with van der Waals surface area (Å²) in [4.78, 5) is 18.1. The molecule has 5 nitrogen and oxygen atoms in total. The highest BCUT2D eigenvalue weighted by Crippen LogP contribution is 2.61. The number of aromatic nitrogens is 3. The van der Waals surface area contributed by atoms with Gasteiger partial charge < -0.3 is 5.32 Å². The van der Waals surface area contributed by atoms with Gasteiger partial charge in [0.05, 0.1) is 11.4 Å². The van der Waals surface area contributed by atoms with Gasteiger partial charge in [0.2, 0.25) is 5.91 Å². The Morgan fingerprint density at radius 2 is 1.61 bits per heavy atom. The first kappa shape index (κ1) is 23.7. The van der Waals surface area contributed by atoms with Crippen LogP contribution < -0.4 is 5.32 Å². The zero-order valence-electron chi connectivity index (χ0n) is 22.5. The number of fused-ring (bicyclic) bond motifs is 1. The van der Waals surface area contributed by atoms with E-state index in [2.05, 4.69) is 64.2 Å². The number of rotatable bonds is 6. The van der Waals surface area contributed by atoms with Gasteiger partial charge >= 0.3 is 0 Å². The van der Waals surface area contributed by atoms with E-state index in [0.717, 1.165) is 52.3 Å². The van der Waals surface area contributed by atoms with Crippen LogP contribution in [0.5, 0.6) is 0 Å². The summed E-state index contributed by atoms with van der Waals surface area (Å²) in [5, 5.41) is 9.39. The number of hydrogen-bond donors (Lipinski definition) is 1. The van der Waals surface area contributed by atoms with Gasteiger partial charge in [0.1, 0.15) is 0 Å². The number of pyridine rings is 1. The molecule has 4 bridgehead atoms. The minimum Gasteiger partial charge on any atom is -0.353 e. The molecule has 2 aromatic heterocycles. The molecule has 2 heterocycles. The highest BCUT2D eigenvalue weighted by Gasteiger charge is 2.53. The molecule has 0 radical (unpaired) electrons.